The number of benzene rings is 1. The van der Waals surface area contributed by atoms with E-state index < -0.39 is 21.7 Å². The maximum absolute atomic E-state index is 13.9. The molecule has 33 heavy (non-hydrogen) atoms. The summed E-state index contributed by atoms with van der Waals surface area (Å²) >= 11 is 1.31. The van der Waals surface area contributed by atoms with Crippen molar-refractivity contribution < 1.29 is 26.5 Å². The minimum absolute atomic E-state index is 0.0557. The van der Waals surface area contributed by atoms with Gasteiger partial charge in [-0.3, -0.25) is 4.79 Å². The van der Waals surface area contributed by atoms with Crippen molar-refractivity contribution in [3.05, 3.63) is 58.4 Å². The van der Waals surface area contributed by atoms with E-state index in [1.165, 1.54) is 40.8 Å². The number of carbonyl (C=O) groups is 1. The smallest absolute Gasteiger partial charge is 0.248 e. The molecular formula is C21H20F2N4O4S2. The SMILES string of the molecule is Cc1noc(/C=C/c2ccc(F)cc2F)c1S(=O)(=O)N1CCC(C(=O)Nc2nccs2)CC1. The fourth-order valence-electron chi connectivity index (χ4n) is 3.58. The van der Waals surface area contributed by atoms with Gasteiger partial charge in [0.25, 0.3) is 0 Å². The highest BCUT2D eigenvalue weighted by Gasteiger charge is 2.36. The summed E-state index contributed by atoms with van der Waals surface area (Å²) < 4.78 is 60.1. The van der Waals surface area contributed by atoms with E-state index in [1.807, 2.05) is 0 Å². The molecule has 1 aliphatic rings. The van der Waals surface area contributed by atoms with Crippen LogP contribution in [0.5, 0.6) is 0 Å². The Morgan fingerprint density at radius 1 is 1.27 bits per heavy atom. The standard InChI is InChI=1S/C21H20F2N4O4S2/c1-13-19(18(31-26-13)5-3-14-2-4-16(22)12-17(14)23)33(29,30)27-9-6-15(7-10-27)20(28)25-21-24-8-11-32-21/h2-5,8,11-12,15H,6-7,9-10H2,1H3,(H,24,25,28)/b5-3+. The number of aryl methyl sites for hydroxylation is 1. The Morgan fingerprint density at radius 3 is 2.70 bits per heavy atom. The molecule has 3 aromatic rings. The Morgan fingerprint density at radius 2 is 2.03 bits per heavy atom. The van der Waals surface area contributed by atoms with Gasteiger partial charge in [-0.15, -0.1) is 11.3 Å². The van der Waals surface area contributed by atoms with Crippen LogP contribution in [-0.4, -0.2) is 41.9 Å². The molecule has 2 aromatic heterocycles. The number of sulfonamides is 1. The normalized spacial score (nSPS) is 15.8. The molecule has 0 radical (unpaired) electrons. The van der Waals surface area contributed by atoms with Crippen LogP contribution in [0.4, 0.5) is 13.9 Å². The maximum atomic E-state index is 13.9. The van der Waals surface area contributed by atoms with Crippen molar-refractivity contribution in [2.45, 2.75) is 24.7 Å². The quantitative estimate of drug-likeness (QED) is 0.557. The Hall–Kier alpha value is -2.96. The van der Waals surface area contributed by atoms with Gasteiger partial charge in [0.15, 0.2) is 15.8 Å². The second-order valence-corrected chi connectivity index (χ2v) is 10.2. The molecule has 1 fully saturated rings. The van der Waals surface area contributed by atoms with Gasteiger partial charge in [-0.25, -0.2) is 22.2 Å². The molecule has 0 spiro atoms. The molecule has 3 heterocycles. The predicted molar refractivity (Wildman–Crippen MR) is 119 cm³/mol. The van der Waals surface area contributed by atoms with Crippen LogP contribution in [0.2, 0.25) is 0 Å². The van der Waals surface area contributed by atoms with Crippen molar-refractivity contribution in [3.63, 3.8) is 0 Å². The molecule has 174 valence electrons. The molecule has 4 rings (SSSR count). The maximum Gasteiger partial charge on any atom is 0.248 e. The van der Waals surface area contributed by atoms with Gasteiger partial charge in [0.1, 0.15) is 17.3 Å². The van der Waals surface area contributed by atoms with Crippen LogP contribution in [0.3, 0.4) is 0 Å². The fraction of sp³-hybridized carbons (Fsp3) is 0.286. The molecular weight excluding hydrogens is 474 g/mol. The summed E-state index contributed by atoms with van der Waals surface area (Å²) in [5, 5.41) is 8.76. The van der Waals surface area contributed by atoms with Gasteiger partial charge in [0.05, 0.1) is 0 Å². The molecule has 0 aliphatic carbocycles. The summed E-state index contributed by atoms with van der Waals surface area (Å²) in [7, 11) is -3.97. The van der Waals surface area contributed by atoms with Gasteiger partial charge in [-0.05, 0) is 44.1 Å². The van der Waals surface area contributed by atoms with Crippen molar-refractivity contribution in [1.82, 2.24) is 14.4 Å². The number of anilines is 1. The van der Waals surface area contributed by atoms with Crippen molar-refractivity contribution in [1.29, 1.82) is 0 Å². The third kappa shape index (κ3) is 5.02. The number of hydrogen-bond acceptors (Lipinski definition) is 7. The zero-order chi connectivity index (χ0) is 23.6. The number of amides is 1. The Bertz CT molecular complexity index is 1280. The minimum Gasteiger partial charge on any atom is -0.355 e. The summed E-state index contributed by atoms with van der Waals surface area (Å²) in [4.78, 5) is 16.3. The van der Waals surface area contributed by atoms with E-state index in [-0.39, 0.29) is 46.8 Å². The highest BCUT2D eigenvalue weighted by Crippen LogP contribution is 2.30. The van der Waals surface area contributed by atoms with E-state index in [0.717, 1.165) is 12.1 Å². The number of nitrogens with zero attached hydrogens (tertiary/aromatic N) is 3. The fourth-order valence-corrected chi connectivity index (χ4v) is 5.83. The zero-order valence-electron chi connectivity index (χ0n) is 17.5. The van der Waals surface area contributed by atoms with E-state index in [2.05, 4.69) is 15.5 Å². The largest absolute Gasteiger partial charge is 0.355 e. The minimum atomic E-state index is -3.97. The summed E-state index contributed by atoms with van der Waals surface area (Å²) in [6, 6.07) is 3.07. The van der Waals surface area contributed by atoms with Crippen LogP contribution < -0.4 is 5.32 Å². The van der Waals surface area contributed by atoms with E-state index in [9.17, 15) is 22.0 Å². The van der Waals surface area contributed by atoms with Gasteiger partial charge < -0.3 is 9.84 Å². The molecule has 0 saturated carbocycles. The second kappa shape index (κ2) is 9.49. The van der Waals surface area contributed by atoms with Gasteiger partial charge >= 0.3 is 0 Å². The Kier molecular flexibility index (Phi) is 6.68. The third-order valence-electron chi connectivity index (χ3n) is 5.30. The third-order valence-corrected chi connectivity index (χ3v) is 8.04. The molecule has 1 saturated heterocycles. The van der Waals surface area contributed by atoms with Crippen LogP contribution in [0.25, 0.3) is 12.2 Å². The lowest BCUT2D eigenvalue weighted by Gasteiger charge is -2.30. The lowest BCUT2D eigenvalue weighted by molar-refractivity contribution is -0.120. The van der Waals surface area contributed by atoms with E-state index in [4.69, 9.17) is 4.52 Å². The molecule has 1 aliphatic heterocycles. The van der Waals surface area contributed by atoms with Crippen LogP contribution in [-0.2, 0) is 14.8 Å². The Balaban J connectivity index is 1.48. The zero-order valence-corrected chi connectivity index (χ0v) is 19.1. The summed E-state index contributed by atoms with van der Waals surface area (Å²) in [5.41, 5.74) is 0.235. The predicted octanol–water partition coefficient (Wildman–Crippen LogP) is 3.93. The summed E-state index contributed by atoms with van der Waals surface area (Å²) in [5.74, 6) is -2.07. The summed E-state index contributed by atoms with van der Waals surface area (Å²) in [6.07, 6.45) is 4.88. The van der Waals surface area contributed by atoms with Crippen LogP contribution >= 0.6 is 11.3 Å². The van der Waals surface area contributed by atoms with Gasteiger partial charge in [-0.1, -0.05) is 5.16 Å². The molecule has 1 aromatic carbocycles. The second-order valence-electron chi connectivity index (χ2n) is 7.47. The van der Waals surface area contributed by atoms with Crippen LogP contribution in [0, 0.1) is 24.5 Å². The van der Waals surface area contributed by atoms with Crippen molar-refractivity contribution in [2.75, 3.05) is 18.4 Å². The molecule has 0 atom stereocenters. The van der Waals surface area contributed by atoms with E-state index in [0.29, 0.717) is 18.0 Å². The van der Waals surface area contributed by atoms with Crippen molar-refractivity contribution in [3.8, 4) is 0 Å². The Labute approximate surface area is 193 Å². The lowest BCUT2D eigenvalue weighted by atomic mass is 9.97. The lowest BCUT2D eigenvalue weighted by Crippen LogP contribution is -2.41. The highest BCUT2D eigenvalue weighted by atomic mass is 32.2. The summed E-state index contributed by atoms with van der Waals surface area (Å²) in [6.45, 7) is 1.80. The van der Waals surface area contributed by atoms with Gasteiger partial charge in [-0.2, -0.15) is 4.31 Å². The van der Waals surface area contributed by atoms with Crippen molar-refractivity contribution in [2.24, 2.45) is 5.92 Å². The van der Waals surface area contributed by atoms with Crippen LogP contribution in [0.15, 0.2) is 39.2 Å². The van der Waals surface area contributed by atoms with E-state index in [1.54, 1.807) is 11.6 Å². The molecule has 1 amide bonds. The first kappa shape index (κ1) is 23.2. The molecule has 1 N–H and O–H groups in total. The van der Waals surface area contributed by atoms with Crippen LogP contribution in [0.1, 0.15) is 29.9 Å². The van der Waals surface area contributed by atoms with E-state index >= 15 is 0 Å². The first-order valence-electron chi connectivity index (χ1n) is 10.1. The monoisotopic (exact) mass is 494 g/mol. The molecule has 12 heteroatoms. The van der Waals surface area contributed by atoms with Gasteiger partial charge in [0, 0.05) is 42.2 Å². The first-order valence-corrected chi connectivity index (χ1v) is 12.4. The number of thiazole rings is 1. The number of hydrogen-bond donors (Lipinski definition) is 1. The molecule has 0 bridgehead atoms. The molecule has 8 nitrogen and oxygen atoms in total. The topological polar surface area (TPSA) is 105 Å². The first-order chi connectivity index (χ1) is 15.8. The average molecular weight is 495 g/mol. The molecule has 0 unspecified atom stereocenters. The number of carbonyl (C=O) groups excluding carboxylic acids is 1. The number of rotatable bonds is 6. The van der Waals surface area contributed by atoms with Gasteiger partial charge in [0.2, 0.25) is 15.9 Å². The number of halogens is 2. The highest BCUT2D eigenvalue weighted by molar-refractivity contribution is 7.89. The number of aromatic nitrogens is 2. The number of nitrogens with one attached hydrogen (secondary N) is 1. The van der Waals surface area contributed by atoms with Crippen molar-refractivity contribution >= 4 is 44.6 Å². The number of piperidine rings is 1. The average Bonchev–Trinajstić information content (AvgIpc) is 3.43.